The Hall–Kier alpha value is -2.08. The maximum absolute atomic E-state index is 11.8. The van der Waals surface area contributed by atoms with Gasteiger partial charge in [-0.05, 0) is 12.5 Å². The van der Waals surface area contributed by atoms with Crippen LogP contribution in [0, 0.1) is 0 Å². The number of nitrogens with one attached hydrogen (secondary N) is 2. The van der Waals surface area contributed by atoms with Gasteiger partial charge < -0.3 is 20.5 Å². The Morgan fingerprint density at radius 1 is 1.25 bits per heavy atom. The molecule has 0 radical (unpaired) electrons. The maximum atomic E-state index is 11.8. The highest BCUT2D eigenvalue weighted by Crippen LogP contribution is 2.16. The summed E-state index contributed by atoms with van der Waals surface area (Å²) in [5, 5.41) is 14.3. The van der Waals surface area contributed by atoms with Crippen molar-refractivity contribution in [3.8, 4) is 0 Å². The van der Waals surface area contributed by atoms with Gasteiger partial charge in [-0.15, -0.1) is 0 Å². The number of rotatable bonds is 7. The number of carboxylic acid groups (broad SMARTS) is 1. The molecule has 3 N–H and O–H groups in total. The predicted molar refractivity (Wildman–Crippen MR) is 74.4 cm³/mol. The number of carbonyl (C=O) groups excluding carboxylic acids is 1. The SMILES string of the molecule is COCC(C)NC(=O)NC(CC(=O)O)c1ccccc1. The van der Waals surface area contributed by atoms with E-state index in [1.54, 1.807) is 38.3 Å². The van der Waals surface area contributed by atoms with Crippen LogP contribution < -0.4 is 10.6 Å². The van der Waals surface area contributed by atoms with E-state index < -0.39 is 18.0 Å². The molecule has 110 valence electrons. The number of carbonyl (C=O) groups is 2. The third kappa shape index (κ3) is 5.71. The fourth-order valence-electron chi connectivity index (χ4n) is 1.83. The lowest BCUT2D eigenvalue weighted by atomic mass is 10.0. The monoisotopic (exact) mass is 280 g/mol. The molecule has 0 saturated heterocycles. The second kappa shape index (κ2) is 8.16. The minimum absolute atomic E-state index is 0.152. The van der Waals surface area contributed by atoms with E-state index in [9.17, 15) is 9.59 Å². The van der Waals surface area contributed by atoms with Crippen molar-refractivity contribution >= 4 is 12.0 Å². The molecule has 1 rings (SSSR count). The van der Waals surface area contributed by atoms with Crippen LogP contribution in [0.4, 0.5) is 4.79 Å². The Morgan fingerprint density at radius 2 is 1.90 bits per heavy atom. The lowest BCUT2D eigenvalue weighted by Crippen LogP contribution is -2.44. The van der Waals surface area contributed by atoms with Crippen LogP contribution in [0.25, 0.3) is 0 Å². The van der Waals surface area contributed by atoms with Crippen LogP contribution in [0.15, 0.2) is 30.3 Å². The van der Waals surface area contributed by atoms with Crippen LogP contribution in [0.3, 0.4) is 0 Å². The molecular weight excluding hydrogens is 260 g/mol. The number of urea groups is 1. The van der Waals surface area contributed by atoms with Crippen LogP contribution in [-0.2, 0) is 9.53 Å². The van der Waals surface area contributed by atoms with Crippen molar-refractivity contribution < 1.29 is 19.4 Å². The minimum Gasteiger partial charge on any atom is -0.481 e. The quantitative estimate of drug-likeness (QED) is 0.707. The van der Waals surface area contributed by atoms with Gasteiger partial charge in [0.1, 0.15) is 0 Å². The summed E-state index contributed by atoms with van der Waals surface area (Å²) in [6.45, 7) is 2.19. The Labute approximate surface area is 118 Å². The van der Waals surface area contributed by atoms with Gasteiger partial charge >= 0.3 is 12.0 Å². The molecule has 6 heteroatoms. The number of aliphatic carboxylic acids is 1. The molecule has 0 aliphatic heterocycles. The summed E-state index contributed by atoms with van der Waals surface area (Å²) in [7, 11) is 1.55. The molecule has 0 bridgehead atoms. The van der Waals surface area contributed by atoms with Gasteiger partial charge in [-0.2, -0.15) is 0 Å². The van der Waals surface area contributed by atoms with E-state index >= 15 is 0 Å². The first-order valence-corrected chi connectivity index (χ1v) is 6.35. The molecule has 0 heterocycles. The van der Waals surface area contributed by atoms with Gasteiger partial charge in [-0.1, -0.05) is 30.3 Å². The number of ether oxygens (including phenoxy) is 1. The van der Waals surface area contributed by atoms with Crippen molar-refractivity contribution in [2.75, 3.05) is 13.7 Å². The van der Waals surface area contributed by atoms with Crippen molar-refractivity contribution in [2.24, 2.45) is 0 Å². The van der Waals surface area contributed by atoms with Gasteiger partial charge in [0.25, 0.3) is 0 Å². The van der Waals surface area contributed by atoms with Gasteiger partial charge in [0, 0.05) is 7.11 Å². The molecule has 6 nitrogen and oxygen atoms in total. The number of methoxy groups -OCH3 is 1. The standard InChI is InChI=1S/C14H20N2O4/c1-10(9-20-2)15-14(19)16-12(8-13(17)18)11-6-4-3-5-7-11/h3-7,10,12H,8-9H2,1-2H3,(H,17,18)(H2,15,16,19). The summed E-state index contributed by atoms with van der Waals surface area (Å²) >= 11 is 0. The van der Waals surface area contributed by atoms with E-state index in [0.717, 1.165) is 5.56 Å². The molecule has 1 aromatic rings. The summed E-state index contributed by atoms with van der Waals surface area (Å²) in [6, 6.07) is 7.88. The first-order valence-electron chi connectivity index (χ1n) is 6.35. The molecule has 0 spiro atoms. The highest BCUT2D eigenvalue weighted by molar-refractivity contribution is 5.76. The van der Waals surface area contributed by atoms with Crippen LogP contribution in [0.1, 0.15) is 24.9 Å². The fraction of sp³-hybridized carbons (Fsp3) is 0.429. The summed E-state index contributed by atoms with van der Waals surface area (Å²) in [5.74, 6) is -0.968. The van der Waals surface area contributed by atoms with Crippen molar-refractivity contribution in [1.82, 2.24) is 10.6 Å². The van der Waals surface area contributed by atoms with Crippen molar-refractivity contribution in [2.45, 2.75) is 25.4 Å². The molecule has 0 fully saturated rings. The zero-order chi connectivity index (χ0) is 15.0. The summed E-state index contributed by atoms with van der Waals surface area (Å²) < 4.78 is 4.92. The number of benzene rings is 1. The van der Waals surface area contributed by atoms with E-state index in [0.29, 0.717) is 6.61 Å². The molecule has 2 amide bonds. The van der Waals surface area contributed by atoms with Crippen LogP contribution >= 0.6 is 0 Å². The molecule has 0 saturated carbocycles. The van der Waals surface area contributed by atoms with Crippen LogP contribution in [0.5, 0.6) is 0 Å². The fourth-order valence-corrected chi connectivity index (χ4v) is 1.83. The Morgan fingerprint density at radius 3 is 2.45 bits per heavy atom. The Bertz CT molecular complexity index is 436. The summed E-state index contributed by atoms with van der Waals surface area (Å²) in [4.78, 5) is 22.7. The van der Waals surface area contributed by atoms with E-state index in [1.807, 2.05) is 6.07 Å². The molecule has 2 unspecified atom stereocenters. The van der Waals surface area contributed by atoms with E-state index in [4.69, 9.17) is 9.84 Å². The van der Waals surface area contributed by atoms with Gasteiger partial charge in [0.15, 0.2) is 0 Å². The van der Waals surface area contributed by atoms with Crippen LogP contribution in [0.2, 0.25) is 0 Å². The van der Waals surface area contributed by atoms with Crippen molar-refractivity contribution in [1.29, 1.82) is 0 Å². The Balaban J connectivity index is 2.66. The molecule has 0 aliphatic rings. The molecule has 1 aromatic carbocycles. The van der Waals surface area contributed by atoms with Gasteiger partial charge in [-0.3, -0.25) is 4.79 Å². The van der Waals surface area contributed by atoms with Gasteiger partial charge in [0.2, 0.25) is 0 Å². The second-order valence-electron chi connectivity index (χ2n) is 4.54. The summed E-state index contributed by atoms with van der Waals surface area (Å²) in [5.41, 5.74) is 0.754. The molecule has 2 atom stereocenters. The smallest absolute Gasteiger partial charge is 0.315 e. The van der Waals surface area contributed by atoms with Crippen LogP contribution in [-0.4, -0.2) is 36.9 Å². The first-order chi connectivity index (χ1) is 9.52. The van der Waals surface area contributed by atoms with E-state index in [-0.39, 0.29) is 12.5 Å². The largest absolute Gasteiger partial charge is 0.481 e. The number of hydrogen-bond donors (Lipinski definition) is 3. The average Bonchev–Trinajstić information content (AvgIpc) is 2.38. The minimum atomic E-state index is -0.968. The third-order valence-corrected chi connectivity index (χ3v) is 2.68. The second-order valence-corrected chi connectivity index (χ2v) is 4.54. The predicted octanol–water partition coefficient (Wildman–Crippen LogP) is 1.54. The molecule has 0 aliphatic carbocycles. The zero-order valence-corrected chi connectivity index (χ0v) is 11.6. The van der Waals surface area contributed by atoms with Gasteiger partial charge in [-0.25, -0.2) is 4.79 Å². The normalized spacial score (nSPS) is 13.3. The van der Waals surface area contributed by atoms with E-state index in [2.05, 4.69) is 10.6 Å². The zero-order valence-electron chi connectivity index (χ0n) is 11.6. The Kier molecular flexibility index (Phi) is 6.52. The topological polar surface area (TPSA) is 87.7 Å². The first kappa shape index (κ1) is 16.0. The average molecular weight is 280 g/mol. The lowest BCUT2D eigenvalue weighted by Gasteiger charge is -2.20. The molecule has 20 heavy (non-hydrogen) atoms. The van der Waals surface area contributed by atoms with Gasteiger partial charge in [0.05, 0.1) is 25.1 Å². The highest BCUT2D eigenvalue weighted by atomic mass is 16.5. The van der Waals surface area contributed by atoms with Crippen molar-refractivity contribution in [3.63, 3.8) is 0 Å². The van der Waals surface area contributed by atoms with Crippen molar-refractivity contribution in [3.05, 3.63) is 35.9 Å². The maximum Gasteiger partial charge on any atom is 0.315 e. The number of amides is 2. The number of carboxylic acids is 1. The molecular formula is C14H20N2O4. The molecule has 0 aromatic heterocycles. The van der Waals surface area contributed by atoms with E-state index in [1.165, 1.54) is 0 Å². The highest BCUT2D eigenvalue weighted by Gasteiger charge is 2.18. The number of hydrogen-bond acceptors (Lipinski definition) is 3. The summed E-state index contributed by atoms with van der Waals surface area (Å²) in [6.07, 6.45) is -0.171. The third-order valence-electron chi connectivity index (χ3n) is 2.68. The lowest BCUT2D eigenvalue weighted by molar-refractivity contribution is -0.137.